The average molecular weight is 378 g/mol. The third-order valence-electron chi connectivity index (χ3n) is 3.54. The van der Waals surface area contributed by atoms with Crippen molar-refractivity contribution in [2.24, 2.45) is 0 Å². The smallest absolute Gasteiger partial charge is 0.261 e. The molecule has 1 N–H and O–H groups in total. The van der Waals surface area contributed by atoms with Crippen LogP contribution in [0.4, 0.5) is 5.69 Å². The van der Waals surface area contributed by atoms with Gasteiger partial charge in [-0.2, -0.15) is 0 Å². The summed E-state index contributed by atoms with van der Waals surface area (Å²) in [6.07, 6.45) is 1.33. The lowest BCUT2D eigenvalue weighted by Gasteiger charge is -2.11. The highest BCUT2D eigenvalue weighted by atomic mass is 35.5. The van der Waals surface area contributed by atoms with Gasteiger partial charge in [0.2, 0.25) is 5.91 Å². The number of nitrogens with zero attached hydrogens (tertiary/aromatic N) is 2. The Morgan fingerprint density at radius 1 is 1.20 bits per heavy atom. The number of methoxy groups -OCH3 is 1. The number of aromatic nitrogens is 2. The second-order valence-electron chi connectivity index (χ2n) is 5.23. The summed E-state index contributed by atoms with van der Waals surface area (Å²) in [5.41, 5.74) is 0.591. The number of nitrogens with one attached hydrogen (secondary N) is 1. The first-order chi connectivity index (χ1) is 12.0. The van der Waals surface area contributed by atoms with Gasteiger partial charge < -0.3 is 10.1 Å². The van der Waals surface area contributed by atoms with E-state index in [9.17, 15) is 9.59 Å². The van der Waals surface area contributed by atoms with Crippen LogP contribution in [0.2, 0.25) is 10.0 Å². The van der Waals surface area contributed by atoms with Crippen molar-refractivity contribution in [2.75, 3.05) is 12.4 Å². The fourth-order valence-corrected chi connectivity index (χ4v) is 2.71. The van der Waals surface area contributed by atoms with Crippen LogP contribution in [0.5, 0.6) is 5.75 Å². The second kappa shape index (κ2) is 7.13. The van der Waals surface area contributed by atoms with E-state index in [0.717, 1.165) is 0 Å². The fourth-order valence-electron chi connectivity index (χ4n) is 2.37. The molecule has 0 aliphatic rings. The molecule has 2 aromatic carbocycles. The van der Waals surface area contributed by atoms with Crippen molar-refractivity contribution >= 4 is 45.7 Å². The first-order valence-electron chi connectivity index (χ1n) is 7.26. The van der Waals surface area contributed by atoms with Gasteiger partial charge in [-0.25, -0.2) is 4.98 Å². The molecule has 25 heavy (non-hydrogen) atoms. The number of amides is 1. The van der Waals surface area contributed by atoms with E-state index in [-0.39, 0.29) is 12.1 Å². The minimum absolute atomic E-state index is 0.204. The summed E-state index contributed by atoms with van der Waals surface area (Å²) in [5.74, 6) is 0.0550. The summed E-state index contributed by atoms with van der Waals surface area (Å²) in [6, 6.07) is 9.69. The average Bonchev–Trinajstić information content (AvgIpc) is 2.58. The fraction of sp³-hybridized carbons (Fsp3) is 0.118. The molecule has 0 spiro atoms. The largest absolute Gasteiger partial charge is 0.495 e. The summed E-state index contributed by atoms with van der Waals surface area (Å²) in [4.78, 5) is 28.9. The molecular formula is C17H13Cl2N3O3. The second-order valence-corrected chi connectivity index (χ2v) is 6.10. The van der Waals surface area contributed by atoms with E-state index in [1.165, 1.54) is 24.1 Å². The lowest BCUT2D eigenvalue weighted by atomic mass is 10.2. The lowest BCUT2D eigenvalue weighted by molar-refractivity contribution is -0.116. The lowest BCUT2D eigenvalue weighted by Crippen LogP contribution is -2.28. The Labute approximate surface area is 153 Å². The van der Waals surface area contributed by atoms with Gasteiger partial charge >= 0.3 is 0 Å². The topological polar surface area (TPSA) is 73.2 Å². The molecule has 3 rings (SSSR count). The number of anilines is 1. The van der Waals surface area contributed by atoms with Crippen LogP contribution in [0.15, 0.2) is 47.5 Å². The van der Waals surface area contributed by atoms with Gasteiger partial charge in [0.1, 0.15) is 12.3 Å². The maximum Gasteiger partial charge on any atom is 0.261 e. The van der Waals surface area contributed by atoms with Crippen LogP contribution in [-0.2, 0) is 11.3 Å². The molecule has 0 atom stereocenters. The van der Waals surface area contributed by atoms with Crippen LogP contribution in [0, 0.1) is 0 Å². The van der Waals surface area contributed by atoms with Gasteiger partial charge in [0, 0.05) is 10.0 Å². The molecule has 0 radical (unpaired) electrons. The van der Waals surface area contributed by atoms with E-state index in [2.05, 4.69) is 10.3 Å². The van der Waals surface area contributed by atoms with Crippen LogP contribution in [-0.4, -0.2) is 22.6 Å². The van der Waals surface area contributed by atoms with E-state index < -0.39 is 5.91 Å². The number of carbonyl (C=O) groups excluding carboxylic acids is 1. The molecule has 0 saturated carbocycles. The van der Waals surface area contributed by atoms with Gasteiger partial charge in [-0.15, -0.1) is 0 Å². The summed E-state index contributed by atoms with van der Waals surface area (Å²) in [5, 5.41) is 3.91. The first-order valence-corrected chi connectivity index (χ1v) is 8.01. The predicted octanol–water partition coefficient (Wildman–Crippen LogP) is 3.35. The molecule has 0 aliphatic carbocycles. The highest BCUT2D eigenvalue weighted by Gasteiger charge is 2.11. The third-order valence-corrected chi connectivity index (χ3v) is 4.01. The molecule has 0 aliphatic heterocycles. The van der Waals surface area contributed by atoms with Crippen LogP contribution in [0.1, 0.15) is 0 Å². The van der Waals surface area contributed by atoms with E-state index in [1.807, 2.05) is 0 Å². The summed E-state index contributed by atoms with van der Waals surface area (Å²) < 4.78 is 6.39. The Morgan fingerprint density at radius 2 is 1.92 bits per heavy atom. The van der Waals surface area contributed by atoms with Crippen molar-refractivity contribution in [1.29, 1.82) is 0 Å². The zero-order chi connectivity index (χ0) is 18.0. The minimum Gasteiger partial charge on any atom is -0.495 e. The van der Waals surface area contributed by atoms with Crippen LogP contribution < -0.4 is 15.6 Å². The van der Waals surface area contributed by atoms with E-state index >= 15 is 0 Å². The van der Waals surface area contributed by atoms with Gasteiger partial charge in [0.05, 0.1) is 30.0 Å². The zero-order valence-electron chi connectivity index (χ0n) is 13.1. The minimum atomic E-state index is -0.411. The maximum atomic E-state index is 12.5. The molecule has 6 nitrogen and oxygen atoms in total. The Balaban J connectivity index is 1.86. The summed E-state index contributed by atoms with van der Waals surface area (Å²) >= 11 is 11.9. The molecule has 1 heterocycles. The van der Waals surface area contributed by atoms with E-state index in [4.69, 9.17) is 27.9 Å². The molecule has 0 saturated heterocycles. The number of carbonyl (C=O) groups is 1. The first kappa shape index (κ1) is 17.3. The van der Waals surface area contributed by atoms with Gasteiger partial charge in [-0.3, -0.25) is 14.2 Å². The molecule has 1 aromatic heterocycles. The van der Waals surface area contributed by atoms with Crippen molar-refractivity contribution < 1.29 is 9.53 Å². The SMILES string of the molecule is COc1ccc(Cl)cc1NC(=O)Cn1cnc2ccc(Cl)cc2c1=O. The normalized spacial score (nSPS) is 10.7. The van der Waals surface area contributed by atoms with Crippen LogP contribution >= 0.6 is 23.2 Å². The number of fused-ring (bicyclic) bond motifs is 1. The van der Waals surface area contributed by atoms with E-state index in [0.29, 0.717) is 32.4 Å². The Bertz CT molecular complexity index is 1020. The third kappa shape index (κ3) is 3.75. The molecule has 0 fully saturated rings. The monoisotopic (exact) mass is 377 g/mol. The number of halogens is 2. The van der Waals surface area contributed by atoms with Gasteiger partial charge in [-0.05, 0) is 36.4 Å². The standard InChI is InChI=1S/C17H13Cl2N3O3/c1-25-15-5-3-11(19)7-14(15)21-16(23)8-22-9-20-13-4-2-10(18)6-12(13)17(22)24/h2-7,9H,8H2,1H3,(H,21,23). The number of ether oxygens (including phenoxy) is 1. The maximum absolute atomic E-state index is 12.5. The van der Waals surface area contributed by atoms with Crippen molar-refractivity contribution in [2.45, 2.75) is 6.54 Å². The van der Waals surface area contributed by atoms with Gasteiger partial charge in [-0.1, -0.05) is 23.2 Å². The van der Waals surface area contributed by atoms with Crippen molar-refractivity contribution in [1.82, 2.24) is 9.55 Å². The number of hydrogen-bond acceptors (Lipinski definition) is 4. The highest BCUT2D eigenvalue weighted by molar-refractivity contribution is 6.31. The molecular weight excluding hydrogens is 365 g/mol. The molecule has 0 bridgehead atoms. The number of benzene rings is 2. The molecule has 0 unspecified atom stereocenters. The summed E-state index contributed by atoms with van der Waals surface area (Å²) in [7, 11) is 1.49. The molecule has 8 heteroatoms. The molecule has 128 valence electrons. The van der Waals surface area contributed by atoms with Crippen LogP contribution in [0.25, 0.3) is 10.9 Å². The number of rotatable bonds is 4. The Hall–Kier alpha value is -2.57. The van der Waals surface area contributed by atoms with Crippen molar-refractivity contribution in [3.63, 3.8) is 0 Å². The summed E-state index contributed by atoms with van der Waals surface area (Å²) in [6.45, 7) is -0.204. The van der Waals surface area contributed by atoms with Crippen molar-refractivity contribution in [3.05, 3.63) is 63.1 Å². The Morgan fingerprint density at radius 3 is 2.68 bits per heavy atom. The quantitative estimate of drug-likeness (QED) is 0.756. The highest BCUT2D eigenvalue weighted by Crippen LogP contribution is 2.27. The zero-order valence-corrected chi connectivity index (χ0v) is 14.6. The van der Waals surface area contributed by atoms with Gasteiger partial charge in [0.15, 0.2) is 0 Å². The van der Waals surface area contributed by atoms with Crippen molar-refractivity contribution in [3.8, 4) is 5.75 Å². The molecule has 1 amide bonds. The van der Waals surface area contributed by atoms with Crippen LogP contribution in [0.3, 0.4) is 0 Å². The van der Waals surface area contributed by atoms with E-state index in [1.54, 1.807) is 30.3 Å². The molecule has 3 aromatic rings. The Kier molecular flexibility index (Phi) is 4.92. The van der Waals surface area contributed by atoms with Gasteiger partial charge in [0.25, 0.3) is 5.56 Å². The number of hydrogen-bond donors (Lipinski definition) is 1. The predicted molar refractivity (Wildman–Crippen MR) is 97.6 cm³/mol.